The molecule has 0 spiro atoms. The third kappa shape index (κ3) is 5.73. The minimum atomic E-state index is -3.56. The lowest BCUT2D eigenvalue weighted by atomic mass is 10.3. The summed E-state index contributed by atoms with van der Waals surface area (Å²) in [6.07, 6.45) is 0.354. The van der Waals surface area contributed by atoms with Crippen molar-refractivity contribution in [2.75, 3.05) is 11.5 Å². The van der Waals surface area contributed by atoms with Crippen LogP contribution in [-0.2, 0) is 19.7 Å². The van der Waals surface area contributed by atoms with Crippen LogP contribution in [0.2, 0.25) is 0 Å². The van der Waals surface area contributed by atoms with Gasteiger partial charge in [-0.2, -0.15) is 0 Å². The minimum Gasteiger partial charge on any atom is -0.224 e. The van der Waals surface area contributed by atoms with E-state index in [1.54, 1.807) is 0 Å². The maximum atomic E-state index is 12.3. The molecular weight excluding hydrogens is 404 g/mol. The minimum absolute atomic E-state index is 0.0842. The highest BCUT2D eigenvalue weighted by Crippen LogP contribution is 2.20. The highest BCUT2D eigenvalue weighted by Gasteiger charge is 2.17. The monoisotopic (exact) mass is 420 g/mol. The maximum absolute atomic E-state index is 12.3. The quantitative estimate of drug-likeness (QED) is 0.250. The van der Waals surface area contributed by atoms with Gasteiger partial charge in [-0.05, 0) is 48.2 Å². The average molecular weight is 420 g/mol. The molecule has 0 unspecified atom stereocenters. The van der Waals surface area contributed by atoms with Gasteiger partial charge in [0.1, 0.15) is 0 Å². The van der Waals surface area contributed by atoms with Gasteiger partial charge in [-0.25, -0.2) is 16.8 Å². The predicted octanol–water partition coefficient (Wildman–Crippen LogP) is 4.60. The molecule has 12 heteroatoms. The lowest BCUT2D eigenvalue weighted by Crippen LogP contribution is -2.11. The van der Waals surface area contributed by atoms with Crippen molar-refractivity contribution >= 4 is 31.0 Å². The van der Waals surface area contributed by atoms with E-state index in [1.165, 1.54) is 48.5 Å². The first-order valence-corrected chi connectivity index (χ1v) is 11.3. The first kappa shape index (κ1) is 21.3. The van der Waals surface area contributed by atoms with Crippen LogP contribution in [-0.4, -0.2) is 28.3 Å². The molecule has 0 saturated heterocycles. The zero-order valence-electron chi connectivity index (χ0n) is 14.6. The van der Waals surface area contributed by atoms with E-state index in [-0.39, 0.29) is 34.1 Å². The molecule has 146 valence electrons. The summed E-state index contributed by atoms with van der Waals surface area (Å²) in [5.74, 6) is -0.390. The summed E-state index contributed by atoms with van der Waals surface area (Å²) < 4.78 is 49.2. The Morgan fingerprint density at radius 1 is 0.643 bits per heavy atom. The topological polar surface area (TPSA) is 166 Å². The molecule has 0 aliphatic heterocycles. The summed E-state index contributed by atoms with van der Waals surface area (Å²) in [4.78, 5) is 5.40. The third-order valence-electron chi connectivity index (χ3n) is 3.79. The van der Waals surface area contributed by atoms with Gasteiger partial charge in [0, 0.05) is 21.2 Å². The Hall–Kier alpha value is -3.04. The Kier molecular flexibility index (Phi) is 7.02. The van der Waals surface area contributed by atoms with Crippen LogP contribution in [0.25, 0.3) is 20.9 Å². The molecule has 10 nitrogen and oxygen atoms in total. The van der Waals surface area contributed by atoms with Crippen LogP contribution in [0, 0.1) is 0 Å². The van der Waals surface area contributed by atoms with Crippen LogP contribution < -0.4 is 0 Å². The van der Waals surface area contributed by atoms with E-state index in [0.717, 1.165) is 0 Å². The molecule has 0 atom stereocenters. The second-order valence-electron chi connectivity index (χ2n) is 5.71. The van der Waals surface area contributed by atoms with Crippen molar-refractivity contribution in [1.29, 1.82) is 0 Å². The van der Waals surface area contributed by atoms with Crippen LogP contribution in [0.5, 0.6) is 0 Å². The summed E-state index contributed by atoms with van der Waals surface area (Å²) in [6, 6.07) is 11.0. The summed E-state index contributed by atoms with van der Waals surface area (Å²) in [5.41, 5.74) is 17.3. The van der Waals surface area contributed by atoms with Crippen molar-refractivity contribution in [3.8, 4) is 0 Å². The molecule has 0 bridgehead atoms. The number of sulfone groups is 2. The van der Waals surface area contributed by atoms with Crippen LogP contribution in [0.4, 0.5) is 11.4 Å². The first-order chi connectivity index (χ1) is 13.3. The number of nitrogens with zero attached hydrogens (tertiary/aromatic N) is 6. The van der Waals surface area contributed by atoms with Gasteiger partial charge in [0.05, 0.1) is 21.3 Å². The van der Waals surface area contributed by atoms with Crippen LogP contribution in [0.3, 0.4) is 0 Å². The molecule has 0 amide bonds. The fraction of sp³-hybridized carbons (Fsp3) is 0.250. The maximum Gasteiger partial charge on any atom is 0.178 e. The number of hydrogen-bond acceptors (Lipinski definition) is 6. The summed E-state index contributed by atoms with van der Waals surface area (Å²) in [5, 5.41) is 6.74. The van der Waals surface area contributed by atoms with E-state index in [4.69, 9.17) is 11.1 Å². The highest BCUT2D eigenvalue weighted by molar-refractivity contribution is 7.91. The van der Waals surface area contributed by atoms with Crippen molar-refractivity contribution in [1.82, 2.24) is 0 Å². The fourth-order valence-electron chi connectivity index (χ4n) is 2.36. The van der Waals surface area contributed by atoms with Gasteiger partial charge in [-0.1, -0.05) is 34.5 Å². The normalized spacial score (nSPS) is 11.3. The number of azide groups is 2. The van der Waals surface area contributed by atoms with Gasteiger partial charge < -0.3 is 0 Å². The van der Waals surface area contributed by atoms with Crippen LogP contribution in [0.15, 0.2) is 68.6 Å². The van der Waals surface area contributed by atoms with E-state index >= 15 is 0 Å². The number of unbranched alkanes of at least 4 members (excludes halogenated alkanes) is 1. The second kappa shape index (κ2) is 9.25. The molecule has 2 rings (SSSR count). The van der Waals surface area contributed by atoms with Gasteiger partial charge in [0.15, 0.2) is 19.7 Å². The molecule has 0 aromatic heterocycles. The third-order valence-corrected chi connectivity index (χ3v) is 7.42. The van der Waals surface area contributed by atoms with E-state index in [9.17, 15) is 16.8 Å². The van der Waals surface area contributed by atoms with E-state index < -0.39 is 19.7 Å². The SMILES string of the molecule is [N-]=[N+]=Nc1ccc(S(=O)(=O)CCCCS(=O)(=O)c2ccc(N=[N+]=[N-])cc2)cc1. The van der Waals surface area contributed by atoms with Gasteiger partial charge in [-0.3, -0.25) is 0 Å². The molecule has 2 aromatic carbocycles. The number of benzene rings is 2. The summed E-state index contributed by atoms with van der Waals surface area (Å²) >= 11 is 0. The van der Waals surface area contributed by atoms with Crippen LogP contribution in [0.1, 0.15) is 12.8 Å². The van der Waals surface area contributed by atoms with Gasteiger partial charge in [-0.15, -0.1) is 0 Å². The molecule has 0 N–H and O–H groups in total. The van der Waals surface area contributed by atoms with E-state index in [2.05, 4.69) is 20.1 Å². The Balaban J connectivity index is 1.94. The zero-order chi connectivity index (χ0) is 20.6. The molecule has 0 aliphatic rings. The van der Waals surface area contributed by atoms with Crippen molar-refractivity contribution < 1.29 is 16.8 Å². The average Bonchev–Trinajstić information content (AvgIpc) is 2.67. The van der Waals surface area contributed by atoms with Crippen molar-refractivity contribution in [2.24, 2.45) is 10.2 Å². The highest BCUT2D eigenvalue weighted by atomic mass is 32.2. The molecular formula is C16H16N6O4S2. The second-order valence-corrected chi connectivity index (χ2v) is 9.93. The van der Waals surface area contributed by atoms with Gasteiger partial charge >= 0.3 is 0 Å². The summed E-state index contributed by atoms with van der Waals surface area (Å²) in [6.45, 7) is 0. The van der Waals surface area contributed by atoms with E-state index in [0.29, 0.717) is 11.4 Å². The van der Waals surface area contributed by atoms with Crippen molar-refractivity contribution in [3.63, 3.8) is 0 Å². The zero-order valence-corrected chi connectivity index (χ0v) is 16.2. The molecule has 0 radical (unpaired) electrons. The lowest BCUT2D eigenvalue weighted by molar-refractivity contribution is 0.585. The van der Waals surface area contributed by atoms with E-state index in [1.807, 2.05) is 0 Å². The van der Waals surface area contributed by atoms with Crippen molar-refractivity contribution in [3.05, 3.63) is 69.4 Å². The molecule has 2 aromatic rings. The smallest absolute Gasteiger partial charge is 0.178 e. The van der Waals surface area contributed by atoms with Crippen LogP contribution >= 0.6 is 0 Å². The predicted molar refractivity (Wildman–Crippen MR) is 104 cm³/mol. The number of hydrogen-bond donors (Lipinski definition) is 0. The largest absolute Gasteiger partial charge is 0.224 e. The standard InChI is InChI=1S/C16H16N6O4S2/c17-21-19-13-3-7-15(8-4-13)27(23,24)11-1-2-12-28(25,26)16-9-5-14(6-10-16)20-22-18/h3-10H,1-2,11-12H2. The Labute approximate surface area is 161 Å². The molecule has 28 heavy (non-hydrogen) atoms. The fourth-order valence-corrected chi connectivity index (χ4v) is 5.10. The lowest BCUT2D eigenvalue weighted by Gasteiger charge is -2.06. The van der Waals surface area contributed by atoms with Gasteiger partial charge in [0.2, 0.25) is 0 Å². The first-order valence-electron chi connectivity index (χ1n) is 8.04. The number of rotatable bonds is 9. The molecule has 0 saturated carbocycles. The Morgan fingerprint density at radius 3 is 1.25 bits per heavy atom. The van der Waals surface area contributed by atoms with Gasteiger partial charge in [0.25, 0.3) is 0 Å². The summed E-state index contributed by atoms with van der Waals surface area (Å²) in [7, 11) is -7.12. The Morgan fingerprint density at radius 2 is 0.964 bits per heavy atom. The Bertz CT molecular complexity index is 1040. The van der Waals surface area contributed by atoms with Crippen molar-refractivity contribution in [2.45, 2.75) is 22.6 Å². The molecule has 0 fully saturated rings. The molecule has 0 aliphatic carbocycles. The molecule has 0 heterocycles.